The second-order valence-electron chi connectivity index (χ2n) is 7.51. The number of hydrogen-bond acceptors (Lipinski definition) is 4. The Bertz CT molecular complexity index is 742. The Balaban J connectivity index is 2.39. The molecule has 0 radical (unpaired) electrons. The predicted octanol–water partition coefficient (Wildman–Crippen LogP) is 3.69. The molecule has 1 aromatic rings. The molecule has 1 aromatic carbocycles. The Hall–Kier alpha value is -1.63. The fraction of sp³-hybridized carbons (Fsp3) is 0.474. The first kappa shape index (κ1) is 20.7. The van der Waals surface area contributed by atoms with Crippen molar-refractivity contribution in [2.24, 2.45) is 0 Å². The van der Waals surface area contributed by atoms with E-state index in [1.165, 1.54) is 13.8 Å². The van der Waals surface area contributed by atoms with E-state index >= 15 is 0 Å². The highest BCUT2D eigenvalue weighted by Gasteiger charge is 2.52. The summed E-state index contributed by atoms with van der Waals surface area (Å²) in [6, 6.07) is 5.22. The molecule has 1 aliphatic rings. The van der Waals surface area contributed by atoms with Crippen LogP contribution in [0.1, 0.15) is 57.5 Å². The Morgan fingerprint density at radius 1 is 1.15 bits per heavy atom. The number of amides is 1. The number of halogens is 1. The van der Waals surface area contributed by atoms with Crippen LogP contribution in [0.3, 0.4) is 0 Å². The van der Waals surface area contributed by atoms with Gasteiger partial charge in [0.05, 0.1) is 16.2 Å². The van der Waals surface area contributed by atoms with Crippen molar-refractivity contribution in [2.75, 3.05) is 6.54 Å². The number of carbonyl (C=O) groups is 2. The summed E-state index contributed by atoms with van der Waals surface area (Å²) in [6.45, 7) is 11.1. The summed E-state index contributed by atoms with van der Waals surface area (Å²) in [4.78, 5) is 23.1. The van der Waals surface area contributed by atoms with Crippen molar-refractivity contribution in [3.05, 3.63) is 39.8 Å². The molecule has 1 fully saturated rings. The summed E-state index contributed by atoms with van der Waals surface area (Å²) >= 11 is 6.08. The molecule has 140 valence electrons. The molecule has 26 heavy (non-hydrogen) atoms. The summed E-state index contributed by atoms with van der Waals surface area (Å²) in [5.41, 5.74) is 1.02. The largest absolute Gasteiger partial charge is 0.492 e. The lowest BCUT2D eigenvalue weighted by Gasteiger charge is -2.32. The predicted molar refractivity (Wildman–Crippen MR) is 104 cm³/mol. The quantitative estimate of drug-likeness (QED) is 0.628. The smallest absolute Gasteiger partial charge is 0.400 e. The maximum Gasteiger partial charge on any atom is 0.492 e. The third-order valence-corrected chi connectivity index (χ3v) is 5.15. The van der Waals surface area contributed by atoms with Gasteiger partial charge in [-0.2, -0.15) is 0 Å². The molecule has 1 amide bonds. The number of ketones is 1. The highest BCUT2D eigenvalue weighted by atomic mass is 35.5. The Labute approximate surface area is 160 Å². The molecule has 0 aromatic heterocycles. The van der Waals surface area contributed by atoms with Gasteiger partial charge in [0.15, 0.2) is 5.78 Å². The van der Waals surface area contributed by atoms with Gasteiger partial charge in [0.2, 0.25) is 5.91 Å². The van der Waals surface area contributed by atoms with E-state index in [9.17, 15) is 9.59 Å². The van der Waals surface area contributed by atoms with E-state index in [0.29, 0.717) is 10.6 Å². The van der Waals surface area contributed by atoms with Crippen molar-refractivity contribution in [1.82, 2.24) is 5.32 Å². The summed E-state index contributed by atoms with van der Waals surface area (Å²) in [5, 5.41) is 3.20. The van der Waals surface area contributed by atoms with Gasteiger partial charge >= 0.3 is 7.12 Å². The average Bonchev–Trinajstić information content (AvgIpc) is 2.72. The molecular formula is C19H25BClNO4. The second-order valence-corrected chi connectivity index (χ2v) is 7.92. The number of carbonyl (C=O) groups excluding carboxylic acids is 2. The zero-order valence-corrected chi connectivity index (χ0v) is 16.9. The molecule has 0 spiro atoms. The Kier molecular flexibility index (Phi) is 6.00. The Morgan fingerprint density at radius 2 is 1.73 bits per heavy atom. The maximum absolute atomic E-state index is 11.7. The van der Waals surface area contributed by atoms with Crippen LogP contribution in [-0.4, -0.2) is 36.6 Å². The van der Waals surface area contributed by atoms with Gasteiger partial charge in [-0.1, -0.05) is 23.7 Å². The van der Waals surface area contributed by atoms with E-state index in [1.807, 2.05) is 39.8 Å². The summed E-state index contributed by atoms with van der Waals surface area (Å²) in [7, 11) is -0.594. The second kappa shape index (κ2) is 7.55. The highest BCUT2D eigenvalue weighted by molar-refractivity contribution is 6.56. The number of hydrogen-bond donors (Lipinski definition) is 1. The van der Waals surface area contributed by atoms with Crippen LogP contribution >= 0.6 is 11.6 Å². The van der Waals surface area contributed by atoms with Gasteiger partial charge in [-0.15, -0.1) is 0 Å². The molecule has 1 N–H and O–H groups in total. The monoisotopic (exact) mass is 377 g/mol. The van der Waals surface area contributed by atoms with Crippen molar-refractivity contribution in [3.63, 3.8) is 0 Å². The molecule has 0 saturated carbocycles. The van der Waals surface area contributed by atoms with Crippen LogP contribution in [0.5, 0.6) is 0 Å². The summed E-state index contributed by atoms with van der Waals surface area (Å²) in [6.07, 6.45) is 1.86. The standard InChI is InChI=1S/C19H25BClNO4/c1-12(23)16-10-14(7-8-17(16)21)9-15(11-22-13(2)24)20-25-18(3,4)19(5,6)26-20/h7-10H,11H2,1-6H3,(H,22,24). The van der Waals surface area contributed by atoms with Gasteiger partial charge in [0.1, 0.15) is 0 Å². The number of benzene rings is 1. The van der Waals surface area contributed by atoms with Gasteiger partial charge in [-0.05, 0) is 57.8 Å². The molecule has 0 bridgehead atoms. The number of rotatable bonds is 5. The van der Waals surface area contributed by atoms with E-state index in [4.69, 9.17) is 20.9 Å². The van der Waals surface area contributed by atoms with Gasteiger partial charge in [-0.3, -0.25) is 9.59 Å². The zero-order chi connectivity index (χ0) is 19.7. The Morgan fingerprint density at radius 3 is 2.23 bits per heavy atom. The third kappa shape index (κ3) is 4.55. The first-order valence-corrected chi connectivity index (χ1v) is 8.92. The molecule has 2 rings (SSSR count). The van der Waals surface area contributed by atoms with Gasteiger partial charge in [0.25, 0.3) is 0 Å². The highest BCUT2D eigenvalue weighted by Crippen LogP contribution is 2.38. The molecule has 0 aliphatic carbocycles. The van der Waals surface area contributed by atoms with Crippen molar-refractivity contribution in [3.8, 4) is 0 Å². The summed E-state index contributed by atoms with van der Waals surface area (Å²) in [5.74, 6) is -0.253. The minimum Gasteiger partial charge on any atom is -0.400 e. The lowest BCUT2D eigenvalue weighted by atomic mass is 9.77. The SMILES string of the molecule is CC(=O)NCC(=Cc1ccc(Cl)c(C(C)=O)c1)B1OC(C)(C)C(C)(C)O1. The van der Waals surface area contributed by atoms with Gasteiger partial charge in [-0.25, -0.2) is 0 Å². The lowest BCUT2D eigenvalue weighted by Crippen LogP contribution is -2.41. The molecule has 1 heterocycles. The van der Waals surface area contributed by atoms with E-state index in [2.05, 4.69) is 5.32 Å². The van der Waals surface area contributed by atoms with E-state index in [1.54, 1.807) is 12.1 Å². The van der Waals surface area contributed by atoms with Gasteiger partial charge < -0.3 is 14.6 Å². The fourth-order valence-corrected chi connectivity index (χ4v) is 2.79. The number of Topliss-reactive ketones (excluding diaryl/α,β-unsaturated/α-hetero) is 1. The third-order valence-electron chi connectivity index (χ3n) is 4.82. The molecule has 7 heteroatoms. The first-order chi connectivity index (χ1) is 11.9. The molecule has 1 saturated heterocycles. The summed E-state index contributed by atoms with van der Waals surface area (Å²) < 4.78 is 12.2. The maximum atomic E-state index is 11.7. The van der Waals surface area contributed by atoms with Crippen molar-refractivity contribution in [1.29, 1.82) is 0 Å². The molecule has 5 nitrogen and oxygen atoms in total. The fourth-order valence-electron chi connectivity index (χ4n) is 2.54. The molecule has 1 aliphatic heterocycles. The van der Waals surface area contributed by atoms with Crippen molar-refractivity contribution >= 4 is 36.5 Å². The van der Waals surface area contributed by atoms with Crippen molar-refractivity contribution in [2.45, 2.75) is 52.7 Å². The molecule has 0 atom stereocenters. The van der Waals surface area contributed by atoms with Crippen LogP contribution in [0.2, 0.25) is 5.02 Å². The van der Waals surface area contributed by atoms with Crippen LogP contribution in [-0.2, 0) is 14.1 Å². The zero-order valence-electron chi connectivity index (χ0n) is 16.1. The van der Waals surface area contributed by atoms with Crippen LogP contribution in [0, 0.1) is 0 Å². The van der Waals surface area contributed by atoms with E-state index in [0.717, 1.165) is 11.0 Å². The van der Waals surface area contributed by atoms with Crippen molar-refractivity contribution < 1.29 is 18.9 Å². The van der Waals surface area contributed by atoms with Crippen LogP contribution < -0.4 is 5.32 Å². The minimum absolute atomic E-state index is 0.107. The van der Waals surface area contributed by atoms with Gasteiger partial charge in [0, 0.05) is 19.0 Å². The van der Waals surface area contributed by atoms with E-state index < -0.39 is 18.3 Å². The van der Waals surface area contributed by atoms with E-state index in [-0.39, 0.29) is 18.2 Å². The molecule has 0 unspecified atom stereocenters. The lowest BCUT2D eigenvalue weighted by molar-refractivity contribution is -0.118. The topological polar surface area (TPSA) is 64.6 Å². The average molecular weight is 378 g/mol. The molecular weight excluding hydrogens is 352 g/mol. The van der Waals surface area contributed by atoms with Crippen LogP contribution in [0.4, 0.5) is 0 Å². The minimum atomic E-state index is -0.594. The van der Waals surface area contributed by atoms with Crippen LogP contribution in [0.25, 0.3) is 6.08 Å². The number of nitrogens with one attached hydrogen (secondary N) is 1. The normalized spacial score (nSPS) is 18.7. The first-order valence-electron chi connectivity index (χ1n) is 8.54. The van der Waals surface area contributed by atoms with Crippen LogP contribution in [0.15, 0.2) is 23.7 Å².